The molecule has 3 atom stereocenters. The van der Waals surface area contributed by atoms with Gasteiger partial charge in [0.05, 0.1) is 13.7 Å². The van der Waals surface area contributed by atoms with Gasteiger partial charge in [0.25, 0.3) is 0 Å². The molecular formula is C28H27F3O4. The lowest BCUT2D eigenvalue weighted by atomic mass is 9.81. The van der Waals surface area contributed by atoms with Gasteiger partial charge in [-0.25, -0.2) is 13.2 Å². The van der Waals surface area contributed by atoms with Crippen LogP contribution in [0.3, 0.4) is 0 Å². The van der Waals surface area contributed by atoms with E-state index in [-0.39, 0.29) is 17.2 Å². The lowest BCUT2D eigenvalue weighted by Gasteiger charge is -2.26. The van der Waals surface area contributed by atoms with Crippen LogP contribution in [-0.4, -0.2) is 25.1 Å². The van der Waals surface area contributed by atoms with Gasteiger partial charge in [0.2, 0.25) is 6.29 Å². The van der Waals surface area contributed by atoms with E-state index in [1.807, 2.05) is 0 Å². The molecule has 3 unspecified atom stereocenters. The van der Waals surface area contributed by atoms with E-state index < -0.39 is 29.7 Å². The topological polar surface area (TPSA) is 47.9 Å². The molecule has 7 heteroatoms. The number of ether oxygens (including phenoxy) is 3. The summed E-state index contributed by atoms with van der Waals surface area (Å²) < 4.78 is 59.9. The van der Waals surface area contributed by atoms with Crippen molar-refractivity contribution >= 4 is 0 Å². The third kappa shape index (κ3) is 5.46. The van der Waals surface area contributed by atoms with E-state index in [4.69, 9.17) is 14.2 Å². The Kier molecular flexibility index (Phi) is 7.66. The van der Waals surface area contributed by atoms with Gasteiger partial charge in [-0.3, -0.25) is 0 Å². The average molecular weight is 485 g/mol. The number of hydrogen-bond acceptors (Lipinski definition) is 4. The van der Waals surface area contributed by atoms with Crippen molar-refractivity contribution in [1.29, 1.82) is 0 Å². The van der Waals surface area contributed by atoms with Gasteiger partial charge in [-0.1, -0.05) is 36.4 Å². The fourth-order valence-corrected chi connectivity index (χ4v) is 4.23. The quantitative estimate of drug-likeness (QED) is 0.424. The van der Waals surface area contributed by atoms with E-state index in [0.717, 1.165) is 0 Å². The van der Waals surface area contributed by atoms with Crippen LogP contribution in [0, 0.1) is 11.7 Å². The Morgan fingerprint density at radius 1 is 1.00 bits per heavy atom. The molecule has 0 radical (unpaired) electrons. The van der Waals surface area contributed by atoms with E-state index in [9.17, 15) is 13.9 Å². The summed E-state index contributed by atoms with van der Waals surface area (Å²) in [6, 6.07) is 11.0. The van der Waals surface area contributed by atoms with Crippen molar-refractivity contribution in [3.05, 3.63) is 101 Å². The SMILES string of the molecule is CCOc1ccc(OC(O)C2=CCC(C3=CCC(c4ccc(OC)cc4)C(F)=C3F)C=C2)c(F)c1. The van der Waals surface area contributed by atoms with Gasteiger partial charge < -0.3 is 19.3 Å². The molecule has 2 aliphatic carbocycles. The van der Waals surface area contributed by atoms with Crippen LogP contribution in [0.2, 0.25) is 0 Å². The number of aliphatic hydroxyl groups is 1. The van der Waals surface area contributed by atoms with Crippen LogP contribution in [0.25, 0.3) is 0 Å². The Hall–Kier alpha value is -3.45. The predicted molar refractivity (Wildman–Crippen MR) is 127 cm³/mol. The lowest BCUT2D eigenvalue weighted by molar-refractivity contribution is 0.0140. The summed E-state index contributed by atoms with van der Waals surface area (Å²) in [6.45, 7) is 2.19. The van der Waals surface area contributed by atoms with Crippen molar-refractivity contribution in [3.8, 4) is 17.2 Å². The molecule has 0 spiro atoms. The van der Waals surface area contributed by atoms with Crippen molar-refractivity contribution < 1.29 is 32.5 Å². The summed E-state index contributed by atoms with van der Waals surface area (Å²) >= 11 is 0. The first kappa shape index (κ1) is 24.7. The molecule has 35 heavy (non-hydrogen) atoms. The Balaban J connectivity index is 1.40. The Morgan fingerprint density at radius 3 is 2.37 bits per heavy atom. The minimum Gasteiger partial charge on any atom is -0.497 e. The molecule has 0 aromatic heterocycles. The Bertz CT molecular complexity index is 1180. The summed E-state index contributed by atoms with van der Waals surface area (Å²) in [7, 11) is 1.55. The van der Waals surface area contributed by atoms with Crippen molar-refractivity contribution in [3.63, 3.8) is 0 Å². The zero-order valence-corrected chi connectivity index (χ0v) is 19.5. The van der Waals surface area contributed by atoms with E-state index in [0.29, 0.717) is 42.1 Å². The van der Waals surface area contributed by atoms with Crippen molar-refractivity contribution in [2.45, 2.75) is 32.0 Å². The summed E-state index contributed by atoms with van der Waals surface area (Å²) in [5.41, 5.74) is 1.37. The first-order chi connectivity index (χ1) is 16.9. The molecule has 184 valence electrons. The maximum Gasteiger partial charge on any atom is 0.224 e. The van der Waals surface area contributed by atoms with Gasteiger partial charge in [0.1, 0.15) is 17.3 Å². The Labute approximate surface area is 202 Å². The molecule has 2 aromatic carbocycles. The highest BCUT2D eigenvalue weighted by Gasteiger charge is 2.30. The zero-order chi connectivity index (χ0) is 24.9. The summed E-state index contributed by atoms with van der Waals surface area (Å²) in [5.74, 6) is -2.45. The van der Waals surface area contributed by atoms with Gasteiger partial charge in [-0.15, -0.1) is 0 Å². The largest absolute Gasteiger partial charge is 0.497 e. The third-order valence-corrected chi connectivity index (χ3v) is 6.13. The summed E-state index contributed by atoms with van der Waals surface area (Å²) in [6.07, 6.45) is 5.97. The van der Waals surface area contributed by atoms with Gasteiger partial charge >= 0.3 is 0 Å². The second kappa shape index (κ2) is 10.9. The lowest BCUT2D eigenvalue weighted by Crippen LogP contribution is -2.20. The highest BCUT2D eigenvalue weighted by atomic mass is 19.2. The predicted octanol–water partition coefficient (Wildman–Crippen LogP) is 6.70. The maximum absolute atomic E-state index is 15.0. The number of methoxy groups -OCH3 is 1. The summed E-state index contributed by atoms with van der Waals surface area (Å²) in [4.78, 5) is 0. The van der Waals surface area contributed by atoms with Gasteiger partial charge in [-0.05, 0) is 55.2 Å². The highest BCUT2D eigenvalue weighted by molar-refractivity contribution is 5.45. The molecule has 0 aliphatic heterocycles. The fraction of sp³-hybridized carbons (Fsp3) is 0.286. The van der Waals surface area contributed by atoms with E-state index >= 15 is 4.39 Å². The molecule has 0 saturated carbocycles. The number of aliphatic hydroxyl groups excluding tert-OH is 1. The molecule has 1 N–H and O–H groups in total. The fourth-order valence-electron chi connectivity index (χ4n) is 4.23. The van der Waals surface area contributed by atoms with Crippen molar-refractivity contribution in [2.75, 3.05) is 13.7 Å². The van der Waals surface area contributed by atoms with E-state index in [2.05, 4.69) is 0 Å². The monoisotopic (exact) mass is 484 g/mol. The van der Waals surface area contributed by atoms with Crippen LogP contribution < -0.4 is 14.2 Å². The van der Waals surface area contributed by atoms with Gasteiger partial charge in [0, 0.05) is 23.5 Å². The van der Waals surface area contributed by atoms with E-state index in [1.54, 1.807) is 68.7 Å². The number of halogens is 3. The molecule has 2 aliphatic rings. The molecule has 0 saturated heterocycles. The number of rotatable bonds is 8. The molecule has 0 heterocycles. The summed E-state index contributed by atoms with van der Waals surface area (Å²) in [5, 5.41) is 10.4. The normalized spacial score (nSPS) is 20.7. The molecule has 0 bridgehead atoms. The van der Waals surface area contributed by atoms with Crippen LogP contribution in [0.4, 0.5) is 13.2 Å². The Morgan fingerprint density at radius 2 is 1.74 bits per heavy atom. The smallest absolute Gasteiger partial charge is 0.224 e. The second-order valence-corrected chi connectivity index (χ2v) is 8.28. The van der Waals surface area contributed by atoms with Crippen LogP contribution in [-0.2, 0) is 0 Å². The van der Waals surface area contributed by atoms with Crippen molar-refractivity contribution in [1.82, 2.24) is 0 Å². The first-order valence-electron chi connectivity index (χ1n) is 11.5. The van der Waals surface area contributed by atoms with Gasteiger partial charge in [0.15, 0.2) is 17.4 Å². The molecule has 0 amide bonds. The standard InChI is InChI=1S/C28H27F3O4/c1-3-34-21-12-15-25(24(29)16-21)35-28(32)19-6-4-17(5-7-19)22-13-14-23(27(31)26(22)30)18-8-10-20(33-2)11-9-18/h4,6-13,15-17,23,28,32H,3,5,14H2,1-2H3. The number of benzene rings is 2. The van der Waals surface area contributed by atoms with Crippen LogP contribution in [0.5, 0.6) is 17.2 Å². The minimum absolute atomic E-state index is 0.118. The molecular weight excluding hydrogens is 457 g/mol. The van der Waals surface area contributed by atoms with Crippen LogP contribution in [0.1, 0.15) is 31.2 Å². The second-order valence-electron chi connectivity index (χ2n) is 8.28. The third-order valence-electron chi connectivity index (χ3n) is 6.13. The molecule has 4 nitrogen and oxygen atoms in total. The zero-order valence-electron chi connectivity index (χ0n) is 19.5. The first-order valence-corrected chi connectivity index (χ1v) is 11.5. The maximum atomic E-state index is 15.0. The van der Waals surface area contributed by atoms with Crippen LogP contribution in [0.15, 0.2) is 89.6 Å². The van der Waals surface area contributed by atoms with E-state index in [1.165, 1.54) is 12.1 Å². The van der Waals surface area contributed by atoms with Crippen LogP contribution >= 0.6 is 0 Å². The van der Waals surface area contributed by atoms with Gasteiger partial charge in [-0.2, -0.15) is 0 Å². The number of hydrogen-bond donors (Lipinski definition) is 1. The number of allylic oxidation sites excluding steroid dienone is 6. The molecule has 4 rings (SSSR count). The average Bonchev–Trinajstić information content (AvgIpc) is 2.87. The highest BCUT2D eigenvalue weighted by Crippen LogP contribution is 2.43. The molecule has 0 fully saturated rings. The minimum atomic E-state index is -1.41. The van der Waals surface area contributed by atoms with Crippen molar-refractivity contribution in [2.24, 2.45) is 5.92 Å². The molecule has 2 aromatic rings.